The van der Waals surface area contributed by atoms with Gasteiger partial charge >= 0.3 is 0 Å². The van der Waals surface area contributed by atoms with Gasteiger partial charge in [-0.3, -0.25) is 4.79 Å². The molecule has 0 aliphatic carbocycles. The fourth-order valence-electron chi connectivity index (χ4n) is 4.44. The molecule has 1 amide bonds. The number of carbonyl (C=O) groups excluding carboxylic acids is 1. The first-order valence-corrected chi connectivity index (χ1v) is 14.8. The Morgan fingerprint density at radius 3 is 2.12 bits per heavy atom. The minimum atomic E-state index is 0.582. The molecule has 224 valence electrons. The lowest BCUT2D eigenvalue weighted by Gasteiger charge is -2.09. The number of unbranched alkanes of at least 4 members (excludes halogenated alkanes) is 2. The second kappa shape index (κ2) is 18.5. The lowest BCUT2D eigenvalue weighted by atomic mass is 9.99. The Balaban J connectivity index is 0.000000396. The average Bonchev–Trinajstić information content (AvgIpc) is 3.46. The van der Waals surface area contributed by atoms with Crippen molar-refractivity contribution in [1.82, 2.24) is 15.3 Å². The topological polar surface area (TPSA) is 92.1 Å². The molecule has 43 heavy (non-hydrogen) atoms. The van der Waals surface area contributed by atoms with Crippen molar-refractivity contribution in [1.29, 1.82) is 0 Å². The van der Waals surface area contributed by atoms with Gasteiger partial charge in [-0.25, -0.2) is 9.97 Å². The van der Waals surface area contributed by atoms with Gasteiger partial charge in [0.25, 0.3) is 0 Å². The van der Waals surface area contributed by atoms with Gasteiger partial charge in [0.1, 0.15) is 17.9 Å². The molecule has 0 fully saturated rings. The highest BCUT2D eigenvalue weighted by Gasteiger charge is 2.21. The third-order valence-electron chi connectivity index (χ3n) is 6.54. The highest BCUT2D eigenvalue weighted by atomic mass is 16.3. The van der Waals surface area contributed by atoms with Crippen molar-refractivity contribution in [2.75, 3.05) is 30.8 Å². The molecule has 0 spiro atoms. The van der Waals surface area contributed by atoms with Crippen LogP contribution in [0, 0.1) is 0 Å². The van der Waals surface area contributed by atoms with Gasteiger partial charge in [0.2, 0.25) is 12.1 Å². The fraction of sp³-hybridized carbons (Fsp3) is 0.250. The number of hydrogen-bond donors (Lipinski definition) is 3. The van der Waals surface area contributed by atoms with E-state index in [1.165, 1.54) is 18.4 Å². The molecule has 5 rings (SSSR count). The molecule has 0 atom stereocenters. The van der Waals surface area contributed by atoms with E-state index in [-0.39, 0.29) is 0 Å². The Morgan fingerprint density at radius 2 is 1.51 bits per heavy atom. The molecule has 2 heterocycles. The summed E-state index contributed by atoms with van der Waals surface area (Å²) in [6.07, 6.45) is 8.46. The summed E-state index contributed by atoms with van der Waals surface area (Å²) >= 11 is 0. The number of anilines is 2. The number of allylic oxidation sites excluding steroid dienone is 1. The molecule has 3 aromatic carbocycles. The van der Waals surface area contributed by atoms with Crippen LogP contribution < -0.4 is 16.0 Å². The molecule has 0 bridgehead atoms. The van der Waals surface area contributed by atoms with Gasteiger partial charge in [-0.05, 0) is 43.0 Å². The van der Waals surface area contributed by atoms with Crippen LogP contribution in [0.3, 0.4) is 0 Å². The number of nitrogens with zero attached hydrogens (tertiary/aromatic N) is 2. The average molecular weight is 578 g/mol. The Kier molecular flexibility index (Phi) is 14.0. The second-order valence-corrected chi connectivity index (χ2v) is 9.75. The minimum Gasteiger partial charge on any atom is -0.437 e. The number of furan rings is 1. The highest BCUT2D eigenvalue weighted by Crippen LogP contribution is 2.42. The summed E-state index contributed by atoms with van der Waals surface area (Å²) in [4.78, 5) is 18.7. The van der Waals surface area contributed by atoms with Crippen molar-refractivity contribution >= 4 is 29.0 Å². The van der Waals surface area contributed by atoms with E-state index in [9.17, 15) is 4.79 Å². The van der Waals surface area contributed by atoms with Crippen LogP contribution in [0.2, 0.25) is 0 Å². The third-order valence-corrected chi connectivity index (χ3v) is 6.54. The number of fused-ring (bicyclic) bond motifs is 1. The monoisotopic (exact) mass is 577 g/mol. The van der Waals surface area contributed by atoms with Crippen molar-refractivity contribution in [2.45, 2.75) is 39.5 Å². The van der Waals surface area contributed by atoms with E-state index in [2.05, 4.69) is 88.0 Å². The zero-order valence-electron chi connectivity index (χ0n) is 25.5. The van der Waals surface area contributed by atoms with E-state index in [1.807, 2.05) is 50.4 Å². The summed E-state index contributed by atoms with van der Waals surface area (Å²) in [6.45, 7) is 8.98. The SMILES string of the molecule is C=CC.CCCCCNC=O.CNc1ccc(CCNc2ncnc3oc(-c4ccccc4)c(-c4ccccc4)c23)cc1. The molecule has 2 aromatic heterocycles. The van der Waals surface area contributed by atoms with Crippen molar-refractivity contribution < 1.29 is 9.21 Å². The van der Waals surface area contributed by atoms with E-state index in [4.69, 9.17) is 4.42 Å². The number of aromatic nitrogens is 2. The number of benzene rings is 3. The summed E-state index contributed by atoms with van der Waals surface area (Å²) in [6, 6.07) is 28.9. The van der Waals surface area contributed by atoms with Crippen LogP contribution in [-0.2, 0) is 11.2 Å². The third kappa shape index (κ3) is 9.85. The maximum absolute atomic E-state index is 9.66. The molecule has 0 unspecified atom stereocenters. The van der Waals surface area contributed by atoms with Gasteiger partial charge < -0.3 is 20.4 Å². The molecule has 0 radical (unpaired) electrons. The number of nitrogens with one attached hydrogen (secondary N) is 3. The van der Waals surface area contributed by atoms with Crippen molar-refractivity contribution in [3.8, 4) is 22.5 Å². The molecular formula is C36H43N5O2. The first kappa shape index (κ1) is 32.6. The minimum absolute atomic E-state index is 0.582. The van der Waals surface area contributed by atoms with E-state index < -0.39 is 0 Å². The van der Waals surface area contributed by atoms with Crippen LogP contribution in [0.5, 0.6) is 0 Å². The van der Waals surface area contributed by atoms with Crippen LogP contribution in [0.25, 0.3) is 33.6 Å². The zero-order chi connectivity index (χ0) is 30.7. The molecule has 3 N–H and O–H groups in total. The van der Waals surface area contributed by atoms with Crippen LogP contribution in [-0.4, -0.2) is 36.5 Å². The Hall–Kier alpha value is -4.91. The number of carbonyl (C=O) groups is 1. The molecule has 0 aliphatic rings. The van der Waals surface area contributed by atoms with Crippen LogP contribution in [0.15, 0.2) is 108 Å². The van der Waals surface area contributed by atoms with Crippen LogP contribution in [0.1, 0.15) is 38.7 Å². The van der Waals surface area contributed by atoms with Crippen molar-refractivity contribution in [3.63, 3.8) is 0 Å². The number of hydrogen-bond acceptors (Lipinski definition) is 6. The summed E-state index contributed by atoms with van der Waals surface area (Å²) in [5.41, 5.74) is 6.05. The van der Waals surface area contributed by atoms with Gasteiger partial charge in [0, 0.05) is 37.0 Å². The van der Waals surface area contributed by atoms with Crippen LogP contribution in [0.4, 0.5) is 11.5 Å². The molecule has 0 saturated heterocycles. The summed E-state index contributed by atoms with van der Waals surface area (Å²) in [5, 5.41) is 10.2. The quantitative estimate of drug-likeness (QED) is 0.0784. The van der Waals surface area contributed by atoms with Gasteiger partial charge in [0.15, 0.2) is 0 Å². The van der Waals surface area contributed by atoms with Crippen LogP contribution >= 0.6 is 0 Å². The largest absolute Gasteiger partial charge is 0.437 e. The van der Waals surface area contributed by atoms with Crippen molar-refractivity contribution in [2.24, 2.45) is 0 Å². The second-order valence-electron chi connectivity index (χ2n) is 9.75. The maximum atomic E-state index is 9.66. The smallest absolute Gasteiger partial charge is 0.232 e. The molecule has 0 saturated carbocycles. The molecule has 7 heteroatoms. The lowest BCUT2D eigenvalue weighted by molar-refractivity contribution is -0.109. The Morgan fingerprint density at radius 1 is 0.860 bits per heavy atom. The highest BCUT2D eigenvalue weighted by molar-refractivity contribution is 6.05. The van der Waals surface area contributed by atoms with E-state index in [0.29, 0.717) is 5.71 Å². The summed E-state index contributed by atoms with van der Waals surface area (Å²) < 4.78 is 6.27. The van der Waals surface area contributed by atoms with E-state index in [1.54, 1.807) is 12.4 Å². The van der Waals surface area contributed by atoms with Gasteiger partial charge in [0.05, 0.1) is 5.39 Å². The lowest BCUT2D eigenvalue weighted by Crippen LogP contribution is -2.11. The Bertz CT molecular complexity index is 1500. The van der Waals surface area contributed by atoms with Crippen molar-refractivity contribution in [3.05, 3.63) is 109 Å². The molecular weight excluding hydrogens is 534 g/mol. The molecule has 5 aromatic rings. The summed E-state index contributed by atoms with van der Waals surface area (Å²) in [7, 11) is 1.93. The van der Waals surface area contributed by atoms with E-state index >= 15 is 0 Å². The van der Waals surface area contributed by atoms with Gasteiger partial charge in [-0.2, -0.15) is 0 Å². The predicted octanol–water partition coefficient (Wildman–Crippen LogP) is 8.37. The maximum Gasteiger partial charge on any atom is 0.232 e. The zero-order valence-corrected chi connectivity index (χ0v) is 25.5. The fourth-order valence-corrected chi connectivity index (χ4v) is 4.44. The molecule has 0 aliphatic heterocycles. The summed E-state index contributed by atoms with van der Waals surface area (Å²) in [5.74, 6) is 1.59. The first-order valence-electron chi connectivity index (χ1n) is 14.8. The normalized spacial score (nSPS) is 10.0. The predicted molar refractivity (Wildman–Crippen MR) is 180 cm³/mol. The first-order chi connectivity index (χ1) is 21.2. The van der Waals surface area contributed by atoms with Gasteiger partial charge in [-0.1, -0.05) is 98.6 Å². The molecule has 7 nitrogen and oxygen atoms in total. The number of rotatable bonds is 12. The van der Waals surface area contributed by atoms with E-state index in [0.717, 1.165) is 71.7 Å². The standard InChI is InChI=1S/C27H24N4O.C6H13NO.C3H6/c1-28-22-14-12-19(13-15-22)16-17-29-26-24-23(20-8-4-2-5-9-20)25(21-10-6-3-7-11-21)32-27(24)31-18-30-26;1-2-3-4-5-7-6-8;1-3-2/h2-15,18,28H,16-17H2,1H3,(H,29,30,31);6H,2-5H2,1H3,(H,7,8);3H,1H2,2H3. The van der Waals surface area contributed by atoms with Gasteiger partial charge in [-0.15, -0.1) is 6.58 Å². The Labute approximate surface area is 255 Å². The number of amides is 1.